The van der Waals surface area contributed by atoms with Gasteiger partial charge in [-0.15, -0.1) is 0 Å². The Morgan fingerprint density at radius 2 is 2.00 bits per heavy atom. The number of aromatic nitrogens is 4. The summed E-state index contributed by atoms with van der Waals surface area (Å²) in [5, 5.41) is 3.36. The summed E-state index contributed by atoms with van der Waals surface area (Å²) in [5.41, 5.74) is 2.80. The van der Waals surface area contributed by atoms with Crippen LogP contribution >= 0.6 is 11.3 Å². The number of hydrogen-bond donors (Lipinski definition) is 1. The van der Waals surface area contributed by atoms with Gasteiger partial charge < -0.3 is 9.88 Å². The zero-order valence-corrected chi connectivity index (χ0v) is 13.9. The lowest BCUT2D eigenvalue weighted by Gasteiger charge is -2.07. The van der Waals surface area contributed by atoms with Crippen molar-refractivity contribution in [3.05, 3.63) is 53.4 Å². The topological polar surface area (TPSA) is 72.7 Å². The SMILES string of the molecule is Cc1nc2ccccc2n1CCNC(=O)c1nc2cccnc2s1. The van der Waals surface area contributed by atoms with Crippen LogP contribution in [0.25, 0.3) is 21.4 Å². The molecular formula is C17H15N5OS. The minimum absolute atomic E-state index is 0.167. The van der Waals surface area contributed by atoms with Crippen LogP contribution in [0.4, 0.5) is 0 Å². The molecular weight excluding hydrogens is 322 g/mol. The highest BCUT2D eigenvalue weighted by Crippen LogP contribution is 2.19. The first kappa shape index (κ1) is 14.8. The summed E-state index contributed by atoms with van der Waals surface area (Å²) in [6.45, 7) is 3.16. The van der Waals surface area contributed by atoms with Crippen molar-refractivity contribution < 1.29 is 4.79 Å². The van der Waals surface area contributed by atoms with Gasteiger partial charge in [0.15, 0.2) is 5.01 Å². The van der Waals surface area contributed by atoms with Crippen LogP contribution in [0.5, 0.6) is 0 Å². The average molecular weight is 337 g/mol. The van der Waals surface area contributed by atoms with E-state index in [1.165, 1.54) is 11.3 Å². The number of rotatable bonds is 4. The molecule has 0 unspecified atom stereocenters. The number of para-hydroxylation sites is 2. The quantitative estimate of drug-likeness (QED) is 0.621. The number of imidazole rings is 1. The molecule has 3 heterocycles. The van der Waals surface area contributed by atoms with Crippen molar-refractivity contribution in [3.8, 4) is 0 Å². The number of hydrogen-bond acceptors (Lipinski definition) is 5. The maximum Gasteiger partial charge on any atom is 0.280 e. The molecule has 24 heavy (non-hydrogen) atoms. The summed E-state index contributed by atoms with van der Waals surface area (Å²) in [5.74, 6) is 0.773. The van der Waals surface area contributed by atoms with E-state index in [0.29, 0.717) is 18.1 Å². The summed E-state index contributed by atoms with van der Waals surface area (Å²) >= 11 is 1.31. The van der Waals surface area contributed by atoms with E-state index in [2.05, 4.69) is 24.8 Å². The molecule has 0 saturated carbocycles. The van der Waals surface area contributed by atoms with Crippen molar-refractivity contribution in [1.82, 2.24) is 24.8 Å². The number of thiazole rings is 1. The maximum absolute atomic E-state index is 12.3. The number of fused-ring (bicyclic) bond motifs is 2. The molecule has 0 saturated heterocycles. The molecule has 1 aromatic carbocycles. The molecule has 0 fully saturated rings. The smallest absolute Gasteiger partial charge is 0.280 e. The second kappa shape index (κ2) is 6.01. The molecule has 0 spiro atoms. The highest BCUT2D eigenvalue weighted by atomic mass is 32.1. The van der Waals surface area contributed by atoms with Gasteiger partial charge in [0.1, 0.15) is 16.2 Å². The molecule has 3 aromatic heterocycles. The molecule has 120 valence electrons. The third-order valence-corrected chi connectivity index (χ3v) is 4.80. The van der Waals surface area contributed by atoms with Gasteiger partial charge in [0.05, 0.1) is 11.0 Å². The molecule has 7 heteroatoms. The van der Waals surface area contributed by atoms with E-state index in [-0.39, 0.29) is 5.91 Å². The van der Waals surface area contributed by atoms with Crippen LogP contribution in [0.2, 0.25) is 0 Å². The summed E-state index contributed by atoms with van der Waals surface area (Å²) < 4.78 is 2.11. The molecule has 0 atom stereocenters. The van der Waals surface area contributed by atoms with E-state index >= 15 is 0 Å². The van der Waals surface area contributed by atoms with E-state index in [0.717, 1.165) is 27.2 Å². The Bertz CT molecular complexity index is 1000. The van der Waals surface area contributed by atoms with Crippen LogP contribution < -0.4 is 5.32 Å². The van der Waals surface area contributed by atoms with Crippen LogP contribution in [0.1, 0.15) is 15.6 Å². The normalized spacial score (nSPS) is 11.2. The molecule has 0 aliphatic heterocycles. The van der Waals surface area contributed by atoms with Gasteiger partial charge in [0, 0.05) is 19.3 Å². The van der Waals surface area contributed by atoms with Crippen LogP contribution in [0, 0.1) is 6.92 Å². The van der Waals surface area contributed by atoms with Gasteiger partial charge in [-0.05, 0) is 31.2 Å². The lowest BCUT2D eigenvalue weighted by Crippen LogP contribution is -2.27. The Balaban J connectivity index is 1.46. The number of nitrogens with one attached hydrogen (secondary N) is 1. The van der Waals surface area contributed by atoms with Crippen molar-refractivity contribution in [1.29, 1.82) is 0 Å². The fraction of sp³-hybridized carbons (Fsp3) is 0.176. The molecule has 4 aromatic rings. The predicted molar refractivity (Wildman–Crippen MR) is 94.2 cm³/mol. The van der Waals surface area contributed by atoms with Crippen LogP contribution in [-0.2, 0) is 6.54 Å². The van der Waals surface area contributed by atoms with Gasteiger partial charge in [-0.1, -0.05) is 23.5 Å². The van der Waals surface area contributed by atoms with Gasteiger partial charge in [-0.3, -0.25) is 4.79 Å². The molecule has 0 radical (unpaired) electrons. The number of benzene rings is 1. The second-order valence-corrected chi connectivity index (χ2v) is 6.38. The van der Waals surface area contributed by atoms with Crippen molar-refractivity contribution >= 4 is 38.6 Å². The van der Waals surface area contributed by atoms with E-state index in [1.807, 2.05) is 43.3 Å². The molecule has 4 rings (SSSR count). The number of pyridine rings is 1. The Labute approximate surface area is 142 Å². The largest absolute Gasteiger partial charge is 0.348 e. The van der Waals surface area contributed by atoms with E-state index in [4.69, 9.17) is 0 Å². The minimum Gasteiger partial charge on any atom is -0.348 e. The highest BCUT2D eigenvalue weighted by Gasteiger charge is 2.13. The first-order chi connectivity index (χ1) is 11.7. The third-order valence-electron chi connectivity index (χ3n) is 3.83. The summed E-state index contributed by atoms with van der Waals surface area (Å²) in [7, 11) is 0. The maximum atomic E-state index is 12.3. The second-order valence-electron chi connectivity index (χ2n) is 5.40. The number of nitrogens with zero attached hydrogens (tertiary/aromatic N) is 4. The zero-order valence-electron chi connectivity index (χ0n) is 13.1. The molecule has 1 N–H and O–H groups in total. The van der Waals surface area contributed by atoms with Gasteiger partial charge in [0.25, 0.3) is 5.91 Å². The Kier molecular flexibility index (Phi) is 3.70. The predicted octanol–water partition coefficient (Wildman–Crippen LogP) is 2.78. The molecule has 0 aliphatic carbocycles. The third kappa shape index (κ3) is 2.63. The van der Waals surface area contributed by atoms with E-state index in [9.17, 15) is 4.79 Å². The summed E-state index contributed by atoms with van der Waals surface area (Å²) in [4.78, 5) is 26.1. The lowest BCUT2D eigenvalue weighted by atomic mass is 10.3. The lowest BCUT2D eigenvalue weighted by molar-refractivity contribution is 0.0952. The average Bonchev–Trinajstić information content (AvgIpc) is 3.16. The highest BCUT2D eigenvalue weighted by molar-refractivity contribution is 7.19. The first-order valence-corrected chi connectivity index (χ1v) is 8.45. The summed E-state index contributed by atoms with van der Waals surface area (Å²) in [6, 6.07) is 11.7. The van der Waals surface area contributed by atoms with Gasteiger partial charge in [-0.2, -0.15) is 0 Å². The van der Waals surface area contributed by atoms with Crippen LogP contribution in [0.15, 0.2) is 42.6 Å². The molecule has 0 bridgehead atoms. The number of carbonyl (C=O) groups is 1. The monoisotopic (exact) mass is 337 g/mol. The Morgan fingerprint density at radius 3 is 2.88 bits per heavy atom. The Morgan fingerprint density at radius 1 is 1.17 bits per heavy atom. The van der Waals surface area contributed by atoms with Crippen LogP contribution in [0.3, 0.4) is 0 Å². The van der Waals surface area contributed by atoms with Crippen molar-refractivity contribution in [3.63, 3.8) is 0 Å². The van der Waals surface area contributed by atoms with Crippen molar-refractivity contribution in [2.24, 2.45) is 0 Å². The van der Waals surface area contributed by atoms with Gasteiger partial charge >= 0.3 is 0 Å². The van der Waals surface area contributed by atoms with E-state index < -0.39 is 0 Å². The molecule has 0 aliphatic rings. The number of carbonyl (C=O) groups excluding carboxylic acids is 1. The van der Waals surface area contributed by atoms with Crippen molar-refractivity contribution in [2.75, 3.05) is 6.54 Å². The standard InChI is InChI=1S/C17H15N5OS/c1-11-20-12-5-2-3-7-14(12)22(11)10-9-18-15(23)17-21-13-6-4-8-19-16(13)24-17/h2-8H,9-10H2,1H3,(H,18,23). The van der Waals surface area contributed by atoms with Crippen molar-refractivity contribution in [2.45, 2.75) is 13.5 Å². The molecule has 1 amide bonds. The van der Waals surface area contributed by atoms with E-state index in [1.54, 1.807) is 6.20 Å². The Hall–Kier alpha value is -2.80. The first-order valence-electron chi connectivity index (χ1n) is 7.64. The fourth-order valence-electron chi connectivity index (χ4n) is 2.70. The summed E-state index contributed by atoms with van der Waals surface area (Å²) in [6.07, 6.45) is 1.70. The number of amides is 1. The molecule has 6 nitrogen and oxygen atoms in total. The number of aryl methyl sites for hydroxylation is 1. The fourth-order valence-corrected chi connectivity index (χ4v) is 3.53. The van der Waals surface area contributed by atoms with Gasteiger partial charge in [0.2, 0.25) is 0 Å². The van der Waals surface area contributed by atoms with Crippen LogP contribution in [-0.4, -0.2) is 32.0 Å². The minimum atomic E-state index is -0.167. The zero-order chi connectivity index (χ0) is 16.5. The van der Waals surface area contributed by atoms with Gasteiger partial charge in [-0.25, -0.2) is 15.0 Å².